The Hall–Kier alpha value is -3.35. The second kappa shape index (κ2) is 9.96. The van der Waals surface area contributed by atoms with Gasteiger partial charge in [0.2, 0.25) is 11.8 Å². The largest absolute Gasteiger partial charge is 0.497 e. The van der Waals surface area contributed by atoms with Crippen LogP contribution in [-0.4, -0.2) is 32.2 Å². The summed E-state index contributed by atoms with van der Waals surface area (Å²) in [4.78, 5) is 23.8. The van der Waals surface area contributed by atoms with Crippen LogP contribution in [0.4, 0.5) is 5.69 Å². The summed E-state index contributed by atoms with van der Waals surface area (Å²) in [5.74, 6) is 0.710. The van der Waals surface area contributed by atoms with E-state index in [1.165, 1.54) is 7.11 Å². The van der Waals surface area contributed by atoms with Gasteiger partial charge in [0.15, 0.2) is 0 Å². The number of methoxy groups -OCH3 is 2. The molecule has 0 atom stereocenters. The lowest BCUT2D eigenvalue weighted by molar-refractivity contribution is -0.124. The van der Waals surface area contributed by atoms with Crippen LogP contribution in [0.1, 0.15) is 24.0 Å². The first-order valence-corrected chi connectivity index (χ1v) is 8.43. The molecular formula is C20H23N3O4. The van der Waals surface area contributed by atoms with Crippen LogP contribution in [-0.2, 0) is 9.59 Å². The molecule has 0 aliphatic carbocycles. The van der Waals surface area contributed by atoms with Crippen LogP contribution < -0.4 is 20.2 Å². The lowest BCUT2D eigenvalue weighted by atomic mass is 10.1. The molecule has 7 nitrogen and oxygen atoms in total. The minimum Gasteiger partial charge on any atom is -0.497 e. The fourth-order valence-electron chi connectivity index (χ4n) is 2.34. The molecule has 142 valence electrons. The number of amides is 2. The lowest BCUT2D eigenvalue weighted by Crippen LogP contribution is -2.20. The molecule has 0 spiro atoms. The first-order valence-electron chi connectivity index (χ1n) is 8.43. The van der Waals surface area contributed by atoms with E-state index >= 15 is 0 Å². The van der Waals surface area contributed by atoms with Gasteiger partial charge in [-0.2, -0.15) is 5.10 Å². The fraction of sp³-hybridized carbons (Fsp3) is 0.250. The SMILES string of the molecule is COc1ccc(C=NNC(=O)CCC(=O)Nc2ccccc2OC)c(C)c1. The molecule has 2 N–H and O–H groups in total. The van der Waals surface area contributed by atoms with Crippen LogP contribution >= 0.6 is 0 Å². The van der Waals surface area contributed by atoms with Crippen molar-refractivity contribution in [2.45, 2.75) is 19.8 Å². The summed E-state index contributed by atoms with van der Waals surface area (Å²) < 4.78 is 10.3. The summed E-state index contributed by atoms with van der Waals surface area (Å²) in [5, 5.41) is 6.65. The van der Waals surface area contributed by atoms with Gasteiger partial charge in [-0.1, -0.05) is 12.1 Å². The van der Waals surface area contributed by atoms with Crippen molar-refractivity contribution in [2.75, 3.05) is 19.5 Å². The minimum atomic E-state index is -0.340. The van der Waals surface area contributed by atoms with E-state index in [4.69, 9.17) is 9.47 Å². The second-order valence-electron chi connectivity index (χ2n) is 5.76. The van der Waals surface area contributed by atoms with Gasteiger partial charge in [0.05, 0.1) is 26.1 Å². The van der Waals surface area contributed by atoms with Gasteiger partial charge < -0.3 is 14.8 Å². The van der Waals surface area contributed by atoms with E-state index in [1.54, 1.807) is 31.5 Å². The van der Waals surface area contributed by atoms with E-state index in [1.807, 2.05) is 31.2 Å². The number of para-hydroxylation sites is 2. The Balaban J connectivity index is 1.79. The number of hydrazone groups is 1. The Bertz CT molecular complexity index is 834. The second-order valence-corrected chi connectivity index (χ2v) is 5.76. The van der Waals surface area contributed by atoms with Gasteiger partial charge >= 0.3 is 0 Å². The number of benzene rings is 2. The number of nitrogens with one attached hydrogen (secondary N) is 2. The molecule has 0 aromatic heterocycles. The number of carbonyl (C=O) groups is 2. The van der Waals surface area contributed by atoms with E-state index in [2.05, 4.69) is 15.8 Å². The zero-order chi connectivity index (χ0) is 19.6. The monoisotopic (exact) mass is 369 g/mol. The molecule has 0 aliphatic heterocycles. The molecule has 0 saturated heterocycles. The number of carbonyl (C=O) groups excluding carboxylic acids is 2. The number of aryl methyl sites for hydroxylation is 1. The molecule has 7 heteroatoms. The first kappa shape index (κ1) is 20.0. The van der Waals surface area contributed by atoms with Crippen LogP contribution in [0.2, 0.25) is 0 Å². The van der Waals surface area contributed by atoms with Gasteiger partial charge in [-0.3, -0.25) is 9.59 Å². The topological polar surface area (TPSA) is 89.0 Å². The van der Waals surface area contributed by atoms with Crippen molar-refractivity contribution in [3.8, 4) is 11.5 Å². The molecule has 27 heavy (non-hydrogen) atoms. The van der Waals surface area contributed by atoms with Gasteiger partial charge in [0, 0.05) is 12.8 Å². The summed E-state index contributed by atoms with van der Waals surface area (Å²) in [6, 6.07) is 12.6. The number of ether oxygens (including phenoxy) is 2. The van der Waals surface area contributed by atoms with Crippen LogP contribution in [0.5, 0.6) is 11.5 Å². The predicted molar refractivity (Wildman–Crippen MR) is 104 cm³/mol. The van der Waals surface area contributed by atoms with E-state index in [-0.39, 0.29) is 24.7 Å². The van der Waals surface area contributed by atoms with Gasteiger partial charge in [-0.25, -0.2) is 5.43 Å². The summed E-state index contributed by atoms with van der Waals surface area (Å²) in [6.07, 6.45) is 1.63. The van der Waals surface area contributed by atoms with E-state index in [0.29, 0.717) is 11.4 Å². The van der Waals surface area contributed by atoms with Crippen LogP contribution in [0.15, 0.2) is 47.6 Å². The summed E-state index contributed by atoms with van der Waals surface area (Å²) in [5.41, 5.74) is 4.83. The summed E-state index contributed by atoms with van der Waals surface area (Å²) in [6.45, 7) is 1.92. The average molecular weight is 369 g/mol. The molecule has 2 aromatic rings. The molecule has 2 amide bonds. The molecule has 0 saturated carbocycles. The molecule has 0 fully saturated rings. The minimum absolute atomic E-state index is 0.0277. The maximum Gasteiger partial charge on any atom is 0.240 e. The highest BCUT2D eigenvalue weighted by molar-refractivity contribution is 5.94. The molecule has 2 rings (SSSR count). The van der Waals surface area contributed by atoms with Crippen molar-refractivity contribution in [3.05, 3.63) is 53.6 Å². The quantitative estimate of drug-likeness (QED) is 0.553. The third kappa shape index (κ3) is 6.14. The number of hydrogen-bond donors (Lipinski definition) is 2. The third-order valence-electron chi connectivity index (χ3n) is 3.83. The van der Waals surface area contributed by atoms with Crippen LogP contribution in [0, 0.1) is 6.92 Å². The van der Waals surface area contributed by atoms with Crippen molar-refractivity contribution in [2.24, 2.45) is 5.10 Å². The number of nitrogens with zero attached hydrogens (tertiary/aromatic N) is 1. The normalized spacial score (nSPS) is 10.5. The fourth-order valence-corrected chi connectivity index (χ4v) is 2.34. The number of rotatable bonds is 8. The Labute approximate surface area is 158 Å². The van der Waals surface area contributed by atoms with Crippen molar-refractivity contribution >= 4 is 23.7 Å². The zero-order valence-electron chi connectivity index (χ0n) is 15.6. The molecule has 0 bridgehead atoms. The van der Waals surface area contributed by atoms with E-state index in [0.717, 1.165) is 16.9 Å². The molecule has 0 heterocycles. The first-order chi connectivity index (χ1) is 13.0. The maximum atomic E-state index is 12.0. The Morgan fingerprint density at radius 1 is 1.04 bits per heavy atom. The molecule has 0 radical (unpaired) electrons. The van der Waals surface area contributed by atoms with E-state index in [9.17, 15) is 9.59 Å². The van der Waals surface area contributed by atoms with Gasteiger partial charge in [-0.05, 0) is 48.4 Å². The summed E-state index contributed by atoms with van der Waals surface area (Å²) >= 11 is 0. The molecule has 2 aromatic carbocycles. The lowest BCUT2D eigenvalue weighted by Gasteiger charge is -2.09. The van der Waals surface area contributed by atoms with Crippen molar-refractivity contribution in [1.29, 1.82) is 0 Å². The predicted octanol–water partition coefficient (Wildman–Crippen LogP) is 2.88. The molecule has 0 aliphatic rings. The number of anilines is 1. The Morgan fingerprint density at radius 3 is 2.48 bits per heavy atom. The zero-order valence-corrected chi connectivity index (χ0v) is 15.6. The van der Waals surface area contributed by atoms with Gasteiger partial charge in [-0.15, -0.1) is 0 Å². The van der Waals surface area contributed by atoms with Crippen molar-refractivity contribution in [3.63, 3.8) is 0 Å². The van der Waals surface area contributed by atoms with Gasteiger partial charge in [0.1, 0.15) is 11.5 Å². The standard InChI is InChI=1S/C20H23N3O4/c1-14-12-16(26-2)9-8-15(14)13-21-23-20(25)11-10-19(24)22-17-6-4-5-7-18(17)27-3/h4-9,12-13H,10-11H2,1-3H3,(H,22,24)(H,23,25). The highest BCUT2D eigenvalue weighted by Crippen LogP contribution is 2.23. The number of hydrogen-bond acceptors (Lipinski definition) is 5. The third-order valence-corrected chi connectivity index (χ3v) is 3.83. The highest BCUT2D eigenvalue weighted by atomic mass is 16.5. The highest BCUT2D eigenvalue weighted by Gasteiger charge is 2.09. The summed E-state index contributed by atoms with van der Waals surface area (Å²) in [7, 11) is 3.13. The van der Waals surface area contributed by atoms with E-state index < -0.39 is 0 Å². The van der Waals surface area contributed by atoms with Gasteiger partial charge in [0.25, 0.3) is 0 Å². The maximum absolute atomic E-state index is 12.0. The molecule has 0 unspecified atom stereocenters. The van der Waals surface area contributed by atoms with Crippen LogP contribution in [0.3, 0.4) is 0 Å². The smallest absolute Gasteiger partial charge is 0.240 e. The molecular weight excluding hydrogens is 346 g/mol. The van der Waals surface area contributed by atoms with Crippen LogP contribution in [0.25, 0.3) is 0 Å². The van der Waals surface area contributed by atoms with Crippen molar-refractivity contribution < 1.29 is 19.1 Å². The van der Waals surface area contributed by atoms with Crippen molar-refractivity contribution in [1.82, 2.24) is 5.43 Å². The average Bonchev–Trinajstić information content (AvgIpc) is 2.68. The Kier molecular flexibility index (Phi) is 7.37. The Morgan fingerprint density at radius 2 is 1.78 bits per heavy atom.